The molecule has 0 saturated heterocycles. The van der Waals surface area contributed by atoms with Gasteiger partial charge in [0.25, 0.3) is 5.91 Å². The maximum atomic E-state index is 12.0. The summed E-state index contributed by atoms with van der Waals surface area (Å²) in [4.78, 5) is 36.8. The van der Waals surface area contributed by atoms with Gasteiger partial charge in [-0.3, -0.25) is 9.59 Å². The van der Waals surface area contributed by atoms with Crippen LogP contribution in [0.2, 0.25) is 0 Å². The van der Waals surface area contributed by atoms with Crippen LogP contribution in [0.5, 0.6) is 0 Å². The number of amides is 1. The van der Waals surface area contributed by atoms with E-state index in [9.17, 15) is 14.4 Å². The molecule has 0 spiro atoms. The fourth-order valence-corrected chi connectivity index (χ4v) is 1.98. The average Bonchev–Trinajstić information content (AvgIpc) is 2.33. The van der Waals surface area contributed by atoms with Crippen molar-refractivity contribution in [1.82, 2.24) is 5.32 Å². The molecule has 1 amide bonds. The van der Waals surface area contributed by atoms with Crippen molar-refractivity contribution in [2.75, 3.05) is 7.11 Å². The normalized spacial score (nSPS) is 17.2. The first-order chi connectivity index (χ1) is 9.45. The number of carboxylic acid groups (broad SMARTS) is 1. The average molecular weight is 283 g/mol. The van der Waals surface area contributed by atoms with E-state index >= 15 is 0 Å². The summed E-state index contributed by atoms with van der Waals surface area (Å²) >= 11 is 0. The SMILES string of the molecule is COC1(C(=O)N[C@@H](CCC(=O)C=[N+]=[N-])C(=O)O)CCC1. The number of hydrogen-bond donors (Lipinski definition) is 2. The highest BCUT2D eigenvalue weighted by Crippen LogP contribution is 2.35. The lowest BCUT2D eigenvalue weighted by molar-refractivity contribution is -0.158. The molecule has 0 aromatic rings. The van der Waals surface area contributed by atoms with Gasteiger partial charge >= 0.3 is 12.2 Å². The molecule has 1 aliphatic carbocycles. The molecule has 0 aliphatic heterocycles. The van der Waals surface area contributed by atoms with Gasteiger partial charge in [-0.15, -0.1) is 0 Å². The van der Waals surface area contributed by atoms with Crippen LogP contribution >= 0.6 is 0 Å². The van der Waals surface area contributed by atoms with Crippen LogP contribution in [-0.2, 0) is 19.1 Å². The first-order valence-electron chi connectivity index (χ1n) is 6.24. The van der Waals surface area contributed by atoms with Crippen LogP contribution in [0.1, 0.15) is 32.1 Å². The monoisotopic (exact) mass is 283 g/mol. The molecule has 0 aromatic carbocycles. The van der Waals surface area contributed by atoms with E-state index in [0.29, 0.717) is 19.1 Å². The number of methoxy groups -OCH3 is 1. The Kier molecular flexibility index (Phi) is 5.54. The topological polar surface area (TPSA) is 129 Å². The number of Topliss-reactive ketones (excluding diaryl/α,β-unsaturated/α-hetero) is 1. The van der Waals surface area contributed by atoms with Gasteiger partial charge in [-0.05, 0) is 25.7 Å². The van der Waals surface area contributed by atoms with E-state index in [0.717, 1.165) is 6.42 Å². The number of carbonyl (C=O) groups excluding carboxylic acids is 2. The van der Waals surface area contributed by atoms with Crippen molar-refractivity contribution in [1.29, 1.82) is 0 Å². The van der Waals surface area contributed by atoms with Crippen LogP contribution in [0.4, 0.5) is 0 Å². The van der Waals surface area contributed by atoms with E-state index in [1.165, 1.54) is 7.11 Å². The summed E-state index contributed by atoms with van der Waals surface area (Å²) in [6.07, 6.45) is 2.44. The summed E-state index contributed by atoms with van der Waals surface area (Å²) in [6, 6.07) is -1.17. The van der Waals surface area contributed by atoms with E-state index in [-0.39, 0.29) is 12.8 Å². The van der Waals surface area contributed by atoms with Crippen molar-refractivity contribution < 1.29 is 29.0 Å². The molecular weight excluding hydrogens is 266 g/mol. The molecule has 1 saturated carbocycles. The molecule has 110 valence electrons. The Morgan fingerprint density at radius 2 is 2.15 bits per heavy atom. The zero-order valence-corrected chi connectivity index (χ0v) is 11.2. The van der Waals surface area contributed by atoms with Crippen LogP contribution in [-0.4, -0.2) is 52.5 Å². The second-order valence-corrected chi connectivity index (χ2v) is 4.67. The number of rotatable bonds is 8. The predicted molar refractivity (Wildman–Crippen MR) is 67.1 cm³/mol. The number of hydrogen-bond acceptors (Lipinski definition) is 4. The molecule has 20 heavy (non-hydrogen) atoms. The van der Waals surface area contributed by atoms with Crippen molar-refractivity contribution in [3.8, 4) is 0 Å². The number of aliphatic carboxylic acids is 1. The van der Waals surface area contributed by atoms with Gasteiger partial charge in [0.1, 0.15) is 11.6 Å². The molecule has 2 N–H and O–H groups in total. The standard InChI is InChI=1S/C12H17N3O5/c1-20-12(5-2-6-12)11(19)15-9(10(17)18)4-3-8(16)7-14-13/h7,9H,2-6H2,1H3,(H,15,19)(H,17,18)/t9-/m0/s1. The van der Waals surface area contributed by atoms with Crippen LogP contribution in [0.25, 0.3) is 5.53 Å². The summed E-state index contributed by atoms with van der Waals surface area (Å²) in [6.45, 7) is 0. The highest BCUT2D eigenvalue weighted by molar-refractivity contribution is 6.25. The second kappa shape index (κ2) is 6.93. The van der Waals surface area contributed by atoms with Gasteiger partial charge in [-0.25, -0.2) is 4.79 Å². The Balaban J connectivity index is 2.59. The Hall–Kier alpha value is -2.05. The van der Waals surface area contributed by atoms with Crippen molar-refractivity contribution in [3.63, 3.8) is 0 Å². The van der Waals surface area contributed by atoms with Crippen molar-refractivity contribution in [2.24, 2.45) is 0 Å². The van der Waals surface area contributed by atoms with Crippen LogP contribution < -0.4 is 5.32 Å². The Morgan fingerprint density at radius 3 is 2.55 bits per heavy atom. The largest absolute Gasteiger partial charge is 0.480 e. The molecule has 1 aliphatic rings. The Bertz CT molecular complexity index is 446. The lowest BCUT2D eigenvalue weighted by Gasteiger charge is -2.39. The molecule has 0 bridgehead atoms. The number of nitrogens with one attached hydrogen (secondary N) is 1. The maximum Gasteiger partial charge on any atom is 0.326 e. The first kappa shape index (κ1) is 16.0. The maximum absolute atomic E-state index is 12.0. The van der Waals surface area contributed by atoms with Crippen LogP contribution in [0.3, 0.4) is 0 Å². The van der Waals surface area contributed by atoms with Crippen molar-refractivity contribution >= 4 is 23.9 Å². The third kappa shape index (κ3) is 3.72. The highest BCUT2D eigenvalue weighted by Gasteiger charge is 2.45. The molecule has 0 heterocycles. The quantitative estimate of drug-likeness (QED) is 0.361. The van der Waals surface area contributed by atoms with Gasteiger partial charge in [0.2, 0.25) is 5.78 Å². The van der Waals surface area contributed by atoms with Gasteiger partial charge in [0.15, 0.2) is 0 Å². The minimum atomic E-state index is -1.22. The van der Waals surface area contributed by atoms with Crippen molar-refractivity contribution in [2.45, 2.75) is 43.7 Å². The smallest absolute Gasteiger partial charge is 0.326 e. The molecule has 1 fully saturated rings. The minimum absolute atomic E-state index is 0.0777. The fraction of sp³-hybridized carbons (Fsp3) is 0.667. The second-order valence-electron chi connectivity index (χ2n) is 4.67. The van der Waals surface area contributed by atoms with E-state index in [2.05, 4.69) is 10.1 Å². The van der Waals surface area contributed by atoms with E-state index in [4.69, 9.17) is 15.4 Å². The molecule has 8 nitrogen and oxygen atoms in total. The molecule has 0 radical (unpaired) electrons. The number of ether oxygens (including phenoxy) is 1. The minimum Gasteiger partial charge on any atom is -0.480 e. The predicted octanol–water partition coefficient (Wildman–Crippen LogP) is -0.225. The molecule has 0 aromatic heterocycles. The summed E-state index contributed by atoms with van der Waals surface area (Å²) < 4.78 is 5.15. The molecule has 1 atom stereocenters. The lowest BCUT2D eigenvalue weighted by atomic mass is 9.79. The fourth-order valence-electron chi connectivity index (χ4n) is 1.98. The van der Waals surface area contributed by atoms with Gasteiger partial charge in [-0.1, -0.05) is 0 Å². The van der Waals surface area contributed by atoms with Crippen LogP contribution in [0, 0.1) is 0 Å². The highest BCUT2D eigenvalue weighted by atomic mass is 16.5. The van der Waals surface area contributed by atoms with Gasteiger partial charge < -0.3 is 20.7 Å². The summed E-state index contributed by atoms with van der Waals surface area (Å²) in [5, 5.41) is 11.4. The van der Waals surface area contributed by atoms with Gasteiger partial charge in [-0.2, -0.15) is 4.79 Å². The number of carboxylic acids is 1. The summed E-state index contributed by atoms with van der Waals surface area (Å²) in [5.41, 5.74) is 7.24. The first-order valence-corrected chi connectivity index (χ1v) is 6.24. The van der Waals surface area contributed by atoms with Gasteiger partial charge in [0, 0.05) is 13.5 Å². The number of carbonyl (C=O) groups is 3. The van der Waals surface area contributed by atoms with E-state index in [1.807, 2.05) is 0 Å². The van der Waals surface area contributed by atoms with Gasteiger partial charge in [0.05, 0.1) is 0 Å². The van der Waals surface area contributed by atoms with E-state index < -0.39 is 29.3 Å². The Labute approximate surface area is 115 Å². The van der Waals surface area contributed by atoms with E-state index in [1.54, 1.807) is 0 Å². The number of nitrogens with zero attached hydrogens (tertiary/aromatic N) is 2. The molecular formula is C12H17N3O5. The summed E-state index contributed by atoms with van der Waals surface area (Å²) in [5.74, 6) is -2.21. The summed E-state index contributed by atoms with van der Waals surface area (Å²) in [7, 11) is 1.41. The van der Waals surface area contributed by atoms with Crippen molar-refractivity contribution in [3.05, 3.63) is 5.53 Å². The molecule has 0 unspecified atom stereocenters. The third-order valence-electron chi connectivity index (χ3n) is 3.45. The van der Waals surface area contributed by atoms with Crippen LogP contribution in [0.15, 0.2) is 0 Å². The lowest BCUT2D eigenvalue weighted by Crippen LogP contribution is -2.56. The molecule has 8 heteroatoms. The third-order valence-corrected chi connectivity index (χ3v) is 3.45. The Morgan fingerprint density at radius 1 is 1.50 bits per heavy atom. The molecule has 1 rings (SSSR count). The number of ketones is 1. The zero-order chi connectivity index (χ0) is 15.2. The zero-order valence-electron chi connectivity index (χ0n) is 11.2.